The van der Waals surface area contributed by atoms with Crippen LogP contribution in [0.4, 0.5) is 15.8 Å². The molecule has 0 aliphatic rings. The van der Waals surface area contributed by atoms with Gasteiger partial charge in [-0.25, -0.2) is 12.8 Å². The quantitative estimate of drug-likeness (QED) is 0.626. The van der Waals surface area contributed by atoms with Crippen LogP contribution in [0.15, 0.2) is 77.7 Å². The summed E-state index contributed by atoms with van der Waals surface area (Å²) in [5.74, 6) is -0.461. The van der Waals surface area contributed by atoms with Gasteiger partial charge in [-0.1, -0.05) is 30.3 Å². The smallest absolute Gasteiger partial charge is 0.262 e. The predicted octanol–water partition coefficient (Wildman–Crippen LogP) is 4.59. The van der Waals surface area contributed by atoms with Gasteiger partial charge in [-0.15, -0.1) is 0 Å². The molecule has 0 aliphatic carbocycles. The van der Waals surface area contributed by atoms with E-state index in [1.54, 1.807) is 19.1 Å². The lowest BCUT2D eigenvalue weighted by molar-refractivity contribution is 0.598. The third-order valence-corrected chi connectivity index (χ3v) is 5.69. The molecule has 0 fully saturated rings. The Kier molecular flexibility index (Phi) is 5.76. The van der Waals surface area contributed by atoms with Crippen molar-refractivity contribution in [1.29, 1.82) is 0 Å². The summed E-state index contributed by atoms with van der Waals surface area (Å²) in [7, 11) is -3.76. The molecule has 0 aromatic heterocycles. The summed E-state index contributed by atoms with van der Waals surface area (Å²) >= 11 is 0. The Hall–Kier alpha value is -2.86. The summed E-state index contributed by atoms with van der Waals surface area (Å²) in [6, 6.07) is 20.8. The van der Waals surface area contributed by atoms with Crippen LogP contribution in [0.2, 0.25) is 0 Å². The van der Waals surface area contributed by atoms with Gasteiger partial charge in [-0.05, 0) is 66.9 Å². The molecule has 3 rings (SSSR count). The second-order valence-corrected chi connectivity index (χ2v) is 7.91. The third-order valence-electron chi connectivity index (χ3n) is 4.15. The second-order valence-electron chi connectivity index (χ2n) is 6.26. The van der Waals surface area contributed by atoms with Crippen molar-refractivity contribution in [2.45, 2.75) is 18.2 Å². The molecule has 0 saturated heterocycles. The molecule has 2 N–H and O–H groups in total. The Balaban J connectivity index is 1.61. The van der Waals surface area contributed by atoms with Crippen molar-refractivity contribution in [3.63, 3.8) is 0 Å². The Bertz CT molecular complexity index is 1000. The first kappa shape index (κ1) is 18.9. The van der Waals surface area contributed by atoms with E-state index in [1.165, 1.54) is 17.7 Å². The third kappa shape index (κ3) is 5.08. The van der Waals surface area contributed by atoms with Crippen molar-refractivity contribution in [3.8, 4) is 0 Å². The van der Waals surface area contributed by atoms with Gasteiger partial charge in [0.1, 0.15) is 5.82 Å². The molecule has 0 radical (unpaired) electrons. The first-order chi connectivity index (χ1) is 12.9. The lowest BCUT2D eigenvalue weighted by Crippen LogP contribution is -2.14. The van der Waals surface area contributed by atoms with Crippen LogP contribution >= 0.6 is 0 Å². The fraction of sp³-hybridized carbons (Fsp3) is 0.143. The number of hydrogen-bond donors (Lipinski definition) is 2. The standard InChI is InChI=1S/C21H21FN2O2S/c1-16-15-18(22)7-12-21(16)27(25,26)24-20-10-8-19(9-11-20)23-14-13-17-5-3-2-4-6-17/h2-12,15,23-24H,13-14H2,1H3. The number of sulfonamides is 1. The molecule has 0 spiro atoms. The number of benzene rings is 3. The fourth-order valence-corrected chi connectivity index (χ4v) is 4.06. The van der Waals surface area contributed by atoms with Crippen LogP contribution in [0.1, 0.15) is 11.1 Å². The number of hydrogen-bond acceptors (Lipinski definition) is 3. The van der Waals surface area contributed by atoms with E-state index in [4.69, 9.17) is 0 Å². The van der Waals surface area contributed by atoms with Crippen LogP contribution in [0.5, 0.6) is 0 Å². The largest absolute Gasteiger partial charge is 0.385 e. The highest BCUT2D eigenvalue weighted by Gasteiger charge is 2.17. The number of rotatable bonds is 7. The molecule has 0 atom stereocenters. The normalized spacial score (nSPS) is 11.2. The molecule has 3 aromatic carbocycles. The van der Waals surface area contributed by atoms with Crippen LogP contribution in [0.3, 0.4) is 0 Å². The van der Waals surface area contributed by atoms with Crippen molar-refractivity contribution in [2.75, 3.05) is 16.6 Å². The van der Waals surface area contributed by atoms with E-state index in [0.29, 0.717) is 11.3 Å². The second kappa shape index (κ2) is 8.22. The van der Waals surface area contributed by atoms with E-state index in [1.807, 2.05) is 30.3 Å². The van der Waals surface area contributed by atoms with Gasteiger partial charge >= 0.3 is 0 Å². The van der Waals surface area contributed by atoms with Gasteiger partial charge in [0.05, 0.1) is 4.90 Å². The van der Waals surface area contributed by atoms with Gasteiger partial charge < -0.3 is 5.32 Å². The zero-order chi connectivity index (χ0) is 19.3. The maximum Gasteiger partial charge on any atom is 0.262 e. The highest BCUT2D eigenvalue weighted by atomic mass is 32.2. The molecule has 0 saturated carbocycles. The number of nitrogens with one attached hydrogen (secondary N) is 2. The van der Waals surface area contributed by atoms with Crippen LogP contribution in [-0.4, -0.2) is 15.0 Å². The van der Waals surface area contributed by atoms with Crippen LogP contribution in [0, 0.1) is 12.7 Å². The molecule has 4 nitrogen and oxygen atoms in total. The summed E-state index contributed by atoms with van der Waals surface area (Å²) in [5, 5.41) is 3.31. The summed E-state index contributed by atoms with van der Waals surface area (Å²) in [5.41, 5.74) is 2.98. The topological polar surface area (TPSA) is 58.2 Å². The lowest BCUT2D eigenvalue weighted by atomic mass is 10.1. The minimum atomic E-state index is -3.76. The first-order valence-electron chi connectivity index (χ1n) is 8.61. The molecule has 140 valence electrons. The van der Waals surface area contributed by atoms with Crippen LogP contribution < -0.4 is 10.0 Å². The lowest BCUT2D eigenvalue weighted by Gasteiger charge is -2.12. The van der Waals surface area contributed by atoms with E-state index in [0.717, 1.165) is 24.7 Å². The van der Waals surface area contributed by atoms with Gasteiger partial charge in [-0.2, -0.15) is 0 Å². The molecule has 0 aliphatic heterocycles. The minimum absolute atomic E-state index is 0.0639. The summed E-state index contributed by atoms with van der Waals surface area (Å²) in [4.78, 5) is 0.0639. The van der Waals surface area contributed by atoms with Crippen molar-refractivity contribution in [1.82, 2.24) is 0 Å². The van der Waals surface area contributed by atoms with Crippen LogP contribution in [0.25, 0.3) is 0 Å². The van der Waals surface area contributed by atoms with E-state index in [9.17, 15) is 12.8 Å². The van der Waals surface area contributed by atoms with Gasteiger partial charge in [0.2, 0.25) is 0 Å². The maximum atomic E-state index is 13.2. The minimum Gasteiger partial charge on any atom is -0.385 e. The highest BCUT2D eigenvalue weighted by molar-refractivity contribution is 7.92. The van der Waals surface area contributed by atoms with Crippen molar-refractivity contribution < 1.29 is 12.8 Å². The van der Waals surface area contributed by atoms with E-state index in [-0.39, 0.29) is 4.90 Å². The molecule has 0 unspecified atom stereocenters. The number of anilines is 2. The average Bonchev–Trinajstić information content (AvgIpc) is 2.63. The average molecular weight is 384 g/mol. The Morgan fingerprint density at radius 3 is 2.22 bits per heavy atom. The van der Waals surface area contributed by atoms with Gasteiger partial charge in [-0.3, -0.25) is 4.72 Å². The summed E-state index contributed by atoms with van der Waals surface area (Å²) < 4.78 is 40.7. The maximum absolute atomic E-state index is 13.2. The Morgan fingerprint density at radius 1 is 0.889 bits per heavy atom. The Morgan fingerprint density at radius 2 is 1.56 bits per heavy atom. The summed E-state index contributed by atoms with van der Waals surface area (Å²) in [6.45, 7) is 2.35. The van der Waals surface area contributed by atoms with E-state index in [2.05, 4.69) is 22.2 Å². The molecular formula is C21H21FN2O2S. The molecule has 0 bridgehead atoms. The molecule has 3 aromatic rings. The van der Waals surface area contributed by atoms with E-state index < -0.39 is 15.8 Å². The molecule has 0 heterocycles. The molecular weight excluding hydrogens is 363 g/mol. The van der Waals surface area contributed by atoms with Crippen molar-refractivity contribution in [2.24, 2.45) is 0 Å². The van der Waals surface area contributed by atoms with Crippen molar-refractivity contribution in [3.05, 3.63) is 89.7 Å². The molecule has 27 heavy (non-hydrogen) atoms. The summed E-state index contributed by atoms with van der Waals surface area (Å²) in [6.07, 6.45) is 0.902. The van der Waals surface area contributed by atoms with Gasteiger partial charge in [0, 0.05) is 17.9 Å². The predicted molar refractivity (Wildman–Crippen MR) is 107 cm³/mol. The van der Waals surface area contributed by atoms with Gasteiger partial charge in [0.15, 0.2) is 0 Å². The SMILES string of the molecule is Cc1cc(F)ccc1S(=O)(=O)Nc1ccc(NCCc2ccccc2)cc1. The zero-order valence-electron chi connectivity index (χ0n) is 14.9. The highest BCUT2D eigenvalue weighted by Crippen LogP contribution is 2.21. The monoisotopic (exact) mass is 384 g/mol. The number of aryl methyl sites for hydroxylation is 1. The zero-order valence-corrected chi connectivity index (χ0v) is 15.8. The van der Waals surface area contributed by atoms with Crippen molar-refractivity contribution >= 4 is 21.4 Å². The van der Waals surface area contributed by atoms with E-state index >= 15 is 0 Å². The number of halogens is 1. The van der Waals surface area contributed by atoms with Crippen LogP contribution in [-0.2, 0) is 16.4 Å². The Labute approximate surface area is 159 Å². The molecule has 0 amide bonds. The molecule has 6 heteroatoms. The first-order valence-corrected chi connectivity index (χ1v) is 10.1. The van der Waals surface area contributed by atoms with Gasteiger partial charge in [0.25, 0.3) is 10.0 Å². The fourth-order valence-electron chi connectivity index (χ4n) is 2.78.